The summed E-state index contributed by atoms with van der Waals surface area (Å²) >= 11 is 0. The lowest BCUT2D eigenvalue weighted by atomic mass is 10.3. The summed E-state index contributed by atoms with van der Waals surface area (Å²) in [6.07, 6.45) is 1.19. The second-order valence-corrected chi connectivity index (χ2v) is 5.28. The van der Waals surface area contributed by atoms with Crippen LogP contribution in [0.25, 0.3) is 0 Å². The van der Waals surface area contributed by atoms with Gasteiger partial charge in [0.2, 0.25) is 0 Å². The van der Waals surface area contributed by atoms with Crippen molar-refractivity contribution in [2.45, 2.75) is 18.7 Å². The third kappa shape index (κ3) is 2.67. The van der Waals surface area contributed by atoms with Crippen LogP contribution in [-0.4, -0.2) is 20.4 Å². The summed E-state index contributed by atoms with van der Waals surface area (Å²) in [6, 6.07) is 6.73. The van der Waals surface area contributed by atoms with E-state index in [1.54, 1.807) is 24.3 Å². The summed E-state index contributed by atoms with van der Waals surface area (Å²) in [5.74, 6) is 0. The minimum absolute atomic E-state index is 0.279. The molecule has 76 valence electrons. The largest absolute Gasteiger partial charge is 0.257 e. The van der Waals surface area contributed by atoms with E-state index < -0.39 is 9.84 Å². The van der Waals surface area contributed by atoms with Gasteiger partial charge in [0, 0.05) is 12.0 Å². The van der Waals surface area contributed by atoms with Gasteiger partial charge in [-0.3, -0.25) is 4.99 Å². The van der Waals surface area contributed by atoms with Crippen molar-refractivity contribution in [3.05, 3.63) is 24.3 Å². The lowest BCUT2D eigenvalue weighted by Gasteiger charge is -2.02. The van der Waals surface area contributed by atoms with Crippen LogP contribution < -0.4 is 0 Å². The molecule has 0 aromatic heterocycles. The number of benzene rings is 1. The van der Waals surface area contributed by atoms with Crippen molar-refractivity contribution in [3.63, 3.8) is 0 Å². The average Bonchev–Trinajstić information content (AvgIpc) is 2.01. The van der Waals surface area contributed by atoms with Crippen LogP contribution in [0, 0.1) is 0 Å². The zero-order chi connectivity index (χ0) is 10.8. The summed E-state index contributed by atoms with van der Waals surface area (Å²) in [4.78, 5) is 4.44. The molecule has 0 bridgehead atoms. The van der Waals surface area contributed by atoms with E-state index in [-0.39, 0.29) is 4.90 Å². The maximum Gasteiger partial charge on any atom is 0.177 e. The number of aliphatic imine (C=N–C) groups is 1. The fraction of sp³-hybridized carbons (Fsp3) is 0.300. The predicted octanol–water partition coefficient (Wildman–Crippen LogP) is 2.20. The van der Waals surface area contributed by atoms with Crippen LogP contribution in [0.1, 0.15) is 13.8 Å². The van der Waals surface area contributed by atoms with Gasteiger partial charge in [0.25, 0.3) is 0 Å². The first-order valence-corrected chi connectivity index (χ1v) is 6.11. The highest BCUT2D eigenvalue weighted by Crippen LogP contribution is 2.23. The number of rotatable bonds is 2. The van der Waals surface area contributed by atoms with Crippen LogP contribution in [0.4, 0.5) is 5.69 Å². The van der Waals surface area contributed by atoms with Gasteiger partial charge in [-0.05, 0) is 26.0 Å². The van der Waals surface area contributed by atoms with Gasteiger partial charge in [0.15, 0.2) is 9.84 Å². The lowest BCUT2D eigenvalue weighted by molar-refractivity contribution is 0.602. The van der Waals surface area contributed by atoms with Crippen LogP contribution in [0.5, 0.6) is 0 Å². The van der Waals surface area contributed by atoms with Crippen LogP contribution in [0.15, 0.2) is 34.2 Å². The lowest BCUT2D eigenvalue weighted by Crippen LogP contribution is -1.97. The van der Waals surface area contributed by atoms with Gasteiger partial charge in [0.1, 0.15) is 0 Å². The Morgan fingerprint density at radius 3 is 2.29 bits per heavy atom. The minimum atomic E-state index is -3.19. The molecule has 1 aromatic rings. The molecule has 0 aliphatic rings. The van der Waals surface area contributed by atoms with E-state index in [1.165, 1.54) is 6.26 Å². The van der Waals surface area contributed by atoms with Gasteiger partial charge in [-0.2, -0.15) is 0 Å². The molecule has 0 aliphatic carbocycles. The highest BCUT2D eigenvalue weighted by Gasteiger charge is 2.11. The second-order valence-electron chi connectivity index (χ2n) is 3.30. The number of sulfone groups is 1. The van der Waals surface area contributed by atoms with Crippen molar-refractivity contribution in [1.82, 2.24) is 0 Å². The Bertz CT molecular complexity index is 457. The molecule has 0 aliphatic heterocycles. The summed E-state index contributed by atoms with van der Waals surface area (Å²) in [6.45, 7) is 3.66. The monoisotopic (exact) mass is 211 g/mol. The zero-order valence-electron chi connectivity index (χ0n) is 8.48. The van der Waals surface area contributed by atoms with E-state index >= 15 is 0 Å². The zero-order valence-corrected chi connectivity index (χ0v) is 9.30. The number of nitrogens with zero attached hydrogens (tertiary/aromatic N) is 1. The maximum atomic E-state index is 11.4. The summed E-state index contributed by atoms with van der Waals surface area (Å²) in [5, 5.41) is 0. The summed E-state index contributed by atoms with van der Waals surface area (Å²) < 4.78 is 22.7. The average molecular weight is 211 g/mol. The van der Waals surface area contributed by atoms with Crippen molar-refractivity contribution in [2.75, 3.05) is 6.26 Å². The Morgan fingerprint density at radius 1 is 1.21 bits per heavy atom. The Kier molecular flexibility index (Phi) is 3.06. The molecule has 14 heavy (non-hydrogen) atoms. The maximum absolute atomic E-state index is 11.4. The van der Waals surface area contributed by atoms with E-state index in [0.717, 1.165) is 5.71 Å². The second kappa shape index (κ2) is 3.92. The number of hydrogen-bond acceptors (Lipinski definition) is 3. The Morgan fingerprint density at radius 2 is 1.79 bits per heavy atom. The molecule has 0 unspecified atom stereocenters. The molecule has 4 heteroatoms. The van der Waals surface area contributed by atoms with Gasteiger partial charge in [0.05, 0.1) is 10.6 Å². The highest BCUT2D eigenvalue weighted by molar-refractivity contribution is 7.90. The predicted molar refractivity (Wildman–Crippen MR) is 58.0 cm³/mol. The van der Waals surface area contributed by atoms with E-state index in [9.17, 15) is 8.42 Å². The SMILES string of the molecule is CC(C)=Nc1ccccc1S(C)(=O)=O. The fourth-order valence-electron chi connectivity index (χ4n) is 1.10. The minimum Gasteiger partial charge on any atom is -0.257 e. The molecule has 0 spiro atoms. The van der Waals surface area contributed by atoms with Gasteiger partial charge in [-0.15, -0.1) is 0 Å². The Labute approximate surface area is 84.4 Å². The molecule has 0 heterocycles. The molecule has 0 atom stereocenters. The molecule has 1 rings (SSSR count). The van der Waals surface area contributed by atoms with Crippen molar-refractivity contribution in [3.8, 4) is 0 Å². The summed E-state index contributed by atoms with van der Waals surface area (Å²) in [7, 11) is -3.19. The first-order chi connectivity index (χ1) is 6.41. The van der Waals surface area contributed by atoms with Gasteiger partial charge in [-0.1, -0.05) is 12.1 Å². The highest BCUT2D eigenvalue weighted by atomic mass is 32.2. The van der Waals surface area contributed by atoms with Crippen molar-refractivity contribution >= 4 is 21.2 Å². The Hall–Kier alpha value is -1.16. The van der Waals surface area contributed by atoms with E-state index in [1.807, 2.05) is 13.8 Å². The molecule has 3 nitrogen and oxygen atoms in total. The molecule has 0 radical (unpaired) electrons. The first-order valence-electron chi connectivity index (χ1n) is 4.22. The summed E-state index contributed by atoms with van der Waals surface area (Å²) in [5.41, 5.74) is 1.34. The van der Waals surface area contributed by atoms with Gasteiger partial charge in [-0.25, -0.2) is 8.42 Å². The van der Waals surface area contributed by atoms with Crippen LogP contribution >= 0.6 is 0 Å². The topological polar surface area (TPSA) is 46.5 Å². The normalized spacial score (nSPS) is 11.1. The van der Waals surface area contributed by atoms with Crippen molar-refractivity contribution in [1.29, 1.82) is 0 Å². The third-order valence-electron chi connectivity index (χ3n) is 1.61. The van der Waals surface area contributed by atoms with Gasteiger partial charge >= 0.3 is 0 Å². The smallest absolute Gasteiger partial charge is 0.177 e. The quantitative estimate of drug-likeness (QED) is 0.704. The van der Waals surface area contributed by atoms with E-state index in [4.69, 9.17) is 0 Å². The standard InChI is InChI=1S/C10H13NO2S/c1-8(2)11-9-6-4-5-7-10(9)14(3,12)13/h4-7H,1-3H3. The molecular formula is C10H13NO2S. The molecule has 1 aromatic carbocycles. The van der Waals surface area contributed by atoms with Crippen molar-refractivity contribution < 1.29 is 8.42 Å². The number of para-hydroxylation sites is 1. The van der Waals surface area contributed by atoms with E-state index in [2.05, 4.69) is 4.99 Å². The molecular weight excluding hydrogens is 198 g/mol. The molecule has 0 N–H and O–H groups in total. The van der Waals surface area contributed by atoms with Crippen LogP contribution in [-0.2, 0) is 9.84 Å². The first kappa shape index (κ1) is 10.9. The van der Waals surface area contributed by atoms with Crippen LogP contribution in [0.3, 0.4) is 0 Å². The molecule has 0 saturated heterocycles. The van der Waals surface area contributed by atoms with Crippen molar-refractivity contribution in [2.24, 2.45) is 4.99 Å². The van der Waals surface area contributed by atoms with Crippen LogP contribution in [0.2, 0.25) is 0 Å². The molecule has 0 saturated carbocycles. The third-order valence-corrected chi connectivity index (χ3v) is 2.75. The number of hydrogen-bond donors (Lipinski definition) is 0. The molecule has 0 fully saturated rings. The Balaban J connectivity index is 3.39. The molecule has 0 amide bonds. The van der Waals surface area contributed by atoms with Gasteiger partial charge < -0.3 is 0 Å². The van der Waals surface area contributed by atoms with E-state index in [0.29, 0.717) is 5.69 Å². The fourth-order valence-corrected chi connectivity index (χ4v) is 1.92.